The van der Waals surface area contributed by atoms with E-state index in [1.54, 1.807) is 12.1 Å². The molecule has 0 aliphatic carbocycles. The molecule has 9 heteroatoms. The number of fused-ring (bicyclic) bond motifs is 1. The van der Waals surface area contributed by atoms with Gasteiger partial charge in [0.2, 0.25) is 6.79 Å². The molecule has 0 saturated heterocycles. The lowest BCUT2D eigenvalue weighted by Gasteiger charge is -2.08. The lowest BCUT2D eigenvalue weighted by Crippen LogP contribution is -2.15. The fourth-order valence-corrected chi connectivity index (χ4v) is 4.31. The molecular weight excluding hydrogens is 330 g/mol. The minimum Gasteiger partial charge on any atom is -0.465 e. The Bertz CT molecular complexity index is 827. The molecule has 2 heterocycles. The number of sulfonamides is 1. The Balaban J connectivity index is 1.91. The number of nitrogens with one attached hydrogen (secondary N) is 1. The summed E-state index contributed by atoms with van der Waals surface area (Å²) < 4.78 is 42.2. The van der Waals surface area contributed by atoms with Gasteiger partial charge in [0, 0.05) is 6.07 Å². The molecule has 0 saturated carbocycles. The zero-order chi connectivity index (χ0) is 15.7. The first-order chi connectivity index (χ1) is 10.5. The van der Waals surface area contributed by atoms with Gasteiger partial charge in [0.1, 0.15) is 9.77 Å². The van der Waals surface area contributed by atoms with Crippen LogP contribution in [-0.2, 0) is 14.8 Å². The minimum atomic E-state index is -3.91. The molecule has 0 fully saturated rings. The third-order valence-corrected chi connectivity index (χ3v) is 5.36. The highest BCUT2D eigenvalue weighted by Gasteiger charge is 2.25. The molecule has 0 unspecified atom stereocenters. The summed E-state index contributed by atoms with van der Waals surface area (Å²) in [5.74, 6) is 0.313. The molecule has 1 aromatic carbocycles. The molecule has 1 aliphatic rings. The van der Waals surface area contributed by atoms with Gasteiger partial charge in [-0.25, -0.2) is 13.2 Å². The first kappa shape index (κ1) is 14.7. The van der Waals surface area contributed by atoms with Crippen LogP contribution in [0.5, 0.6) is 11.5 Å². The van der Waals surface area contributed by atoms with E-state index in [9.17, 15) is 13.2 Å². The van der Waals surface area contributed by atoms with E-state index in [-0.39, 0.29) is 16.6 Å². The van der Waals surface area contributed by atoms with Crippen molar-refractivity contribution in [1.82, 2.24) is 0 Å². The Morgan fingerprint density at radius 3 is 2.82 bits per heavy atom. The standard InChI is InChI=1S/C13H11NO6S2/c1-18-13(15)12-11(4-5-21-12)22(16,17)14-8-2-3-9-10(6-8)20-7-19-9/h2-6,14H,7H2,1H3. The smallest absolute Gasteiger partial charge is 0.349 e. The Morgan fingerprint density at radius 1 is 1.27 bits per heavy atom. The number of ether oxygens (including phenoxy) is 3. The lowest BCUT2D eigenvalue weighted by atomic mass is 10.3. The summed E-state index contributed by atoms with van der Waals surface area (Å²) in [5, 5.41) is 1.51. The fraction of sp³-hybridized carbons (Fsp3) is 0.154. The summed E-state index contributed by atoms with van der Waals surface area (Å²) in [6.07, 6.45) is 0. The molecule has 0 atom stereocenters. The molecule has 0 radical (unpaired) electrons. The second kappa shape index (κ2) is 5.50. The van der Waals surface area contributed by atoms with Crippen LogP contribution in [0.3, 0.4) is 0 Å². The molecule has 0 amide bonds. The summed E-state index contributed by atoms with van der Waals surface area (Å²) >= 11 is 1.00. The Hall–Kier alpha value is -2.26. The largest absolute Gasteiger partial charge is 0.465 e. The first-order valence-electron chi connectivity index (χ1n) is 6.09. The number of rotatable bonds is 4. The number of benzene rings is 1. The minimum absolute atomic E-state index is 0.0238. The van der Waals surface area contributed by atoms with E-state index in [4.69, 9.17) is 9.47 Å². The lowest BCUT2D eigenvalue weighted by molar-refractivity contribution is 0.0602. The molecule has 0 bridgehead atoms. The summed E-state index contributed by atoms with van der Waals surface area (Å²) in [4.78, 5) is 11.5. The topological polar surface area (TPSA) is 90.9 Å². The summed E-state index contributed by atoms with van der Waals surface area (Å²) in [7, 11) is -2.71. The van der Waals surface area contributed by atoms with Crippen LogP contribution < -0.4 is 14.2 Å². The van der Waals surface area contributed by atoms with Crippen molar-refractivity contribution in [2.45, 2.75) is 4.90 Å². The van der Waals surface area contributed by atoms with Crippen LogP contribution >= 0.6 is 11.3 Å². The van der Waals surface area contributed by atoms with Crippen LogP contribution in [0, 0.1) is 0 Å². The van der Waals surface area contributed by atoms with Gasteiger partial charge in [0.05, 0.1) is 12.8 Å². The van der Waals surface area contributed by atoms with Gasteiger partial charge in [-0.05, 0) is 23.6 Å². The Labute approximate surface area is 130 Å². The number of carbonyl (C=O) groups excluding carboxylic acids is 1. The van der Waals surface area contributed by atoms with Gasteiger partial charge >= 0.3 is 5.97 Å². The highest BCUT2D eigenvalue weighted by molar-refractivity contribution is 7.93. The molecule has 22 heavy (non-hydrogen) atoms. The highest BCUT2D eigenvalue weighted by atomic mass is 32.2. The van der Waals surface area contributed by atoms with Crippen molar-refractivity contribution in [1.29, 1.82) is 0 Å². The monoisotopic (exact) mass is 341 g/mol. The van der Waals surface area contributed by atoms with Gasteiger partial charge in [-0.2, -0.15) is 0 Å². The van der Waals surface area contributed by atoms with Gasteiger partial charge in [0.15, 0.2) is 11.5 Å². The number of esters is 1. The zero-order valence-corrected chi connectivity index (χ0v) is 13.0. The van der Waals surface area contributed by atoms with E-state index in [0.717, 1.165) is 11.3 Å². The van der Waals surface area contributed by atoms with Crippen molar-refractivity contribution in [3.8, 4) is 11.5 Å². The third kappa shape index (κ3) is 2.60. The SMILES string of the molecule is COC(=O)c1sccc1S(=O)(=O)Nc1ccc2c(c1)OCO2. The van der Waals surface area contributed by atoms with E-state index >= 15 is 0 Å². The van der Waals surface area contributed by atoms with E-state index in [1.165, 1.54) is 24.6 Å². The number of carbonyl (C=O) groups is 1. The Morgan fingerprint density at radius 2 is 2.05 bits per heavy atom. The van der Waals surface area contributed by atoms with E-state index in [2.05, 4.69) is 9.46 Å². The molecule has 7 nitrogen and oxygen atoms in total. The molecule has 1 aliphatic heterocycles. The van der Waals surface area contributed by atoms with Crippen LogP contribution in [-0.4, -0.2) is 28.3 Å². The summed E-state index contributed by atoms with van der Waals surface area (Å²) in [6.45, 7) is 0.0998. The quantitative estimate of drug-likeness (QED) is 0.856. The summed E-state index contributed by atoms with van der Waals surface area (Å²) in [6, 6.07) is 6.03. The average molecular weight is 341 g/mol. The molecular formula is C13H11NO6S2. The van der Waals surface area contributed by atoms with Crippen LogP contribution in [0.4, 0.5) is 5.69 Å². The second-order valence-electron chi connectivity index (χ2n) is 4.28. The number of methoxy groups -OCH3 is 1. The van der Waals surface area contributed by atoms with Crippen molar-refractivity contribution in [2.75, 3.05) is 18.6 Å². The molecule has 1 N–H and O–H groups in total. The van der Waals surface area contributed by atoms with E-state index < -0.39 is 16.0 Å². The normalized spacial score (nSPS) is 13.0. The van der Waals surface area contributed by atoms with Crippen LogP contribution in [0.15, 0.2) is 34.5 Å². The van der Waals surface area contributed by atoms with Crippen molar-refractivity contribution in [3.63, 3.8) is 0 Å². The van der Waals surface area contributed by atoms with Gasteiger partial charge in [0.25, 0.3) is 10.0 Å². The zero-order valence-electron chi connectivity index (χ0n) is 11.4. The first-order valence-corrected chi connectivity index (χ1v) is 8.46. The Kier molecular flexibility index (Phi) is 3.67. The average Bonchev–Trinajstić information content (AvgIpc) is 3.14. The van der Waals surface area contributed by atoms with Crippen molar-refractivity contribution in [3.05, 3.63) is 34.5 Å². The second-order valence-corrected chi connectivity index (χ2v) is 6.85. The number of hydrogen-bond donors (Lipinski definition) is 1. The number of anilines is 1. The molecule has 0 spiro atoms. The maximum atomic E-state index is 12.4. The van der Waals surface area contributed by atoms with Gasteiger partial charge in [-0.15, -0.1) is 11.3 Å². The van der Waals surface area contributed by atoms with Crippen LogP contribution in [0.2, 0.25) is 0 Å². The molecule has 2 aromatic rings. The van der Waals surface area contributed by atoms with E-state index in [0.29, 0.717) is 17.2 Å². The predicted molar refractivity (Wildman–Crippen MR) is 79.0 cm³/mol. The van der Waals surface area contributed by atoms with Crippen molar-refractivity contribution in [2.24, 2.45) is 0 Å². The molecule has 3 rings (SSSR count). The number of thiophene rings is 1. The van der Waals surface area contributed by atoms with Gasteiger partial charge < -0.3 is 14.2 Å². The van der Waals surface area contributed by atoms with Crippen LogP contribution in [0.25, 0.3) is 0 Å². The maximum Gasteiger partial charge on any atom is 0.349 e. The summed E-state index contributed by atoms with van der Waals surface area (Å²) in [5.41, 5.74) is 0.311. The third-order valence-electron chi connectivity index (χ3n) is 2.91. The molecule has 1 aromatic heterocycles. The van der Waals surface area contributed by atoms with E-state index in [1.807, 2.05) is 0 Å². The van der Waals surface area contributed by atoms with Crippen molar-refractivity contribution >= 4 is 33.0 Å². The van der Waals surface area contributed by atoms with Gasteiger partial charge in [-0.1, -0.05) is 0 Å². The van der Waals surface area contributed by atoms with Crippen LogP contribution in [0.1, 0.15) is 9.67 Å². The fourth-order valence-electron chi connectivity index (χ4n) is 1.92. The van der Waals surface area contributed by atoms with Gasteiger partial charge in [-0.3, -0.25) is 4.72 Å². The molecule has 116 valence electrons. The number of hydrogen-bond acceptors (Lipinski definition) is 7. The maximum absolute atomic E-state index is 12.4. The van der Waals surface area contributed by atoms with Crippen molar-refractivity contribution < 1.29 is 27.4 Å². The highest BCUT2D eigenvalue weighted by Crippen LogP contribution is 2.35. The predicted octanol–water partition coefficient (Wildman–Crippen LogP) is 2.06.